The zero-order chi connectivity index (χ0) is 12.5. The number of hydrogen-bond acceptors (Lipinski definition) is 3. The summed E-state index contributed by atoms with van der Waals surface area (Å²) in [5.74, 6) is 0. The minimum atomic E-state index is 0.0966. The van der Waals surface area contributed by atoms with Gasteiger partial charge in [0.1, 0.15) is 0 Å². The molecule has 2 rings (SSSR count). The number of aromatic nitrogens is 2. The van der Waals surface area contributed by atoms with Gasteiger partial charge in [-0.25, -0.2) is 0 Å². The maximum absolute atomic E-state index is 6.00. The summed E-state index contributed by atoms with van der Waals surface area (Å²) in [6.45, 7) is 8.73. The summed E-state index contributed by atoms with van der Waals surface area (Å²) in [6.07, 6.45) is 2.27. The van der Waals surface area contributed by atoms with E-state index in [1.54, 1.807) is 0 Å². The van der Waals surface area contributed by atoms with Gasteiger partial charge in [0.15, 0.2) is 0 Å². The molecule has 1 aromatic heterocycles. The highest BCUT2D eigenvalue weighted by Gasteiger charge is 2.41. The van der Waals surface area contributed by atoms with E-state index in [-0.39, 0.29) is 11.5 Å². The normalized spacial score (nSPS) is 28.8. The largest absolute Gasteiger partial charge is 0.378 e. The van der Waals surface area contributed by atoms with Crippen LogP contribution in [0.4, 0.5) is 0 Å². The van der Waals surface area contributed by atoms with Crippen LogP contribution in [0.3, 0.4) is 0 Å². The van der Waals surface area contributed by atoms with Crippen LogP contribution in [-0.4, -0.2) is 29.0 Å². The van der Waals surface area contributed by atoms with Crippen molar-refractivity contribution in [2.24, 2.45) is 11.1 Å². The lowest BCUT2D eigenvalue weighted by molar-refractivity contribution is 0.0664. The topological polar surface area (TPSA) is 53.1 Å². The molecule has 2 heterocycles. The minimum Gasteiger partial charge on any atom is -0.378 e. The summed E-state index contributed by atoms with van der Waals surface area (Å²) in [7, 11) is 0. The third-order valence-corrected chi connectivity index (χ3v) is 4.05. The maximum atomic E-state index is 6.00. The Kier molecular flexibility index (Phi) is 3.54. The molecule has 2 N–H and O–H groups in total. The fourth-order valence-corrected chi connectivity index (χ4v) is 2.77. The van der Waals surface area contributed by atoms with Gasteiger partial charge in [-0.05, 0) is 39.7 Å². The molecular weight excluding hydrogens is 214 g/mol. The van der Waals surface area contributed by atoms with Crippen LogP contribution in [-0.2, 0) is 17.7 Å². The first-order valence-corrected chi connectivity index (χ1v) is 6.46. The monoisotopic (exact) mass is 237 g/mol. The summed E-state index contributed by atoms with van der Waals surface area (Å²) in [6, 6.07) is 2.17. The third-order valence-electron chi connectivity index (χ3n) is 4.05. The van der Waals surface area contributed by atoms with Crippen LogP contribution in [0.5, 0.6) is 0 Å². The Labute approximate surface area is 103 Å². The zero-order valence-electron chi connectivity index (χ0n) is 11.1. The first-order valence-electron chi connectivity index (χ1n) is 6.46. The molecule has 0 aromatic carbocycles. The van der Waals surface area contributed by atoms with Gasteiger partial charge in [-0.1, -0.05) is 0 Å². The van der Waals surface area contributed by atoms with Crippen molar-refractivity contribution in [2.75, 3.05) is 13.2 Å². The Balaban J connectivity index is 2.23. The van der Waals surface area contributed by atoms with Crippen molar-refractivity contribution < 1.29 is 4.74 Å². The van der Waals surface area contributed by atoms with E-state index in [4.69, 9.17) is 10.5 Å². The Bertz CT molecular complexity index is 388. The number of rotatable bonds is 4. The average Bonchev–Trinajstić information content (AvgIpc) is 2.84. The van der Waals surface area contributed by atoms with Crippen LogP contribution < -0.4 is 5.73 Å². The molecule has 1 aliphatic rings. The van der Waals surface area contributed by atoms with E-state index < -0.39 is 0 Å². The predicted octanol–water partition coefficient (Wildman–Crippen LogP) is 1.51. The smallest absolute Gasteiger partial charge is 0.0619 e. The maximum Gasteiger partial charge on any atom is 0.0619 e. The Hall–Kier alpha value is -0.870. The molecule has 1 fully saturated rings. The molecular formula is C13H23N3O. The van der Waals surface area contributed by atoms with Crippen LogP contribution in [0.1, 0.15) is 31.7 Å². The van der Waals surface area contributed by atoms with E-state index in [0.717, 1.165) is 31.7 Å². The second-order valence-electron chi connectivity index (χ2n) is 5.10. The lowest BCUT2D eigenvalue weighted by Crippen LogP contribution is -2.39. The average molecular weight is 237 g/mol. The molecule has 1 aliphatic heterocycles. The number of nitrogens with zero attached hydrogens (tertiary/aromatic N) is 2. The molecule has 0 amide bonds. The minimum absolute atomic E-state index is 0.0966. The number of ether oxygens (including phenoxy) is 1. The van der Waals surface area contributed by atoms with Crippen LogP contribution >= 0.6 is 0 Å². The molecule has 0 bridgehead atoms. The molecule has 0 spiro atoms. The molecule has 4 heteroatoms. The van der Waals surface area contributed by atoms with Crippen molar-refractivity contribution in [1.82, 2.24) is 9.78 Å². The zero-order valence-corrected chi connectivity index (χ0v) is 11.1. The van der Waals surface area contributed by atoms with Crippen molar-refractivity contribution in [2.45, 2.75) is 46.3 Å². The summed E-state index contributed by atoms with van der Waals surface area (Å²) in [4.78, 5) is 0. The fraction of sp³-hybridized carbons (Fsp3) is 0.769. The molecule has 0 aliphatic carbocycles. The molecule has 1 aromatic rings. The summed E-state index contributed by atoms with van der Waals surface area (Å²) in [5.41, 5.74) is 8.46. The third kappa shape index (κ3) is 2.24. The van der Waals surface area contributed by atoms with Crippen molar-refractivity contribution >= 4 is 0 Å². The van der Waals surface area contributed by atoms with Gasteiger partial charge in [-0.2, -0.15) is 5.10 Å². The van der Waals surface area contributed by atoms with Gasteiger partial charge in [0.2, 0.25) is 0 Å². The van der Waals surface area contributed by atoms with Crippen molar-refractivity contribution in [3.63, 3.8) is 0 Å². The quantitative estimate of drug-likeness (QED) is 0.863. The van der Waals surface area contributed by atoms with E-state index >= 15 is 0 Å². The van der Waals surface area contributed by atoms with E-state index in [1.807, 2.05) is 6.92 Å². The lowest BCUT2D eigenvalue weighted by Gasteiger charge is -2.30. The van der Waals surface area contributed by atoms with Gasteiger partial charge in [0.05, 0.1) is 11.8 Å². The molecule has 2 atom stereocenters. The molecule has 96 valence electrons. The SMILES string of the molecule is CCn1nc(C)cc1CC1(CN)CCOC1C. The standard InChI is InChI=1S/C13H23N3O/c1-4-16-12(7-10(2)15-16)8-13(9-14)5-6-17-11(13)3/h7,11H,4-6,8-9,14H2,1-3H3. The first kappa shape index (κ1) is 12.6. The summed E-state index contributed by atoms with van der Waals surface area (Å²) in [5, 5.41) is 4.50. The molecule has 0 saturated carbocycles. The molecule has 1 saturated heterocycles. The van der Waals surface area contributed by atoms with Gasteiger partial charge in [-0.3, -0.25) is 4.68 Å². The van der Waals surface area contributed by atoms with Gasteiger partial charge in [0, 0.05) is 30.8 Å². The number of nitrogens with two attached hydrogens (primary N) is 1. The van der Waals surface area contributed by atoms with Gasteiger partial charge < -0.3 is 10.5 Å². The Morgan fingerprint density at radius 2 is 2.41 bits per heavy atom. The lowest BCUT2D eigenvalue weighted by atomic mass is 9.77. The molecule has 17 heavy (non-hydrogen) atoms. The summed E-state index contributed by atoms with van der Waals surface area (Å²) >= 11 is 0. The Morgan fingerprint density at radius 3 is 2.94 bits per heavy atom. The van der Waals surface area contributed by atoms with E-state index in [9.17, 15) is 0 Å². The predicted molar refractivity (Wildman–Crippen MR) is 67.9 cm³/mol. The van der Waals surface area contributed by atoms with Crippen LogP contribution in [0.2, 0.25) is 0 Å². The fourth-order valence-electron chi connectivity index (χ4n) is 2.77. The molecule has 4 nitrogen and oxygen atoms in total. The highest BCUT2D eigenvalue weighted by molar-refractivity contribution is 5.13. The van der Waals surface area contributed by atoms with Crippen LogP contribution in [0.15, 0.2) is 6.07 Å². The second-order valence-corrected chi connectivity index (χ2v) is 5.10. The van der Waals surface area contributed by atoms with E-state index in [1.165, 1.54) is 5.69 Å². The van der Waals surface area contributed by atoms with Crippen LogP contribution in [0, 0.1) is 12.3 Å². The van der Waals surface area contributed by atoms with Gasteiger partial charge in [-0.15, -0.1) is 0 Å². The molecule has 0 radical (unpaired) electrons. The number of hydrogen-bond donors (Lipinski definition) is 1. The molecule has 2 unspecified atom stereocenters. The second kappa shape index (κ2) is 4.78. The van der Waals surface area contributed by atoms with Gasteiger partial charge >= 0.3 is 0 Å². The highest BCUT2D eigenvalue weighted by Crippen LogP contribution is 2.37. The van der Waals surface area contributed by atoms with Crippen molar-refractivity contribution in [1.29, 1.82) is 0 Å². The van der Waals surface area contributed by atoms with E-state index in [2.05, 4.69) is 29.7 Å². The Morgan fingerprint density at radius 1 is 1.65 bits per heavy atom. The number of aryl methyl sites for hydroxylation is 2. The summed E-state index contributed by atoms with van der Waals surface area (Å²) < 4.78 is 7.78. The van der Waals surface area contributed by atoms with Crippen LogP contribution in [0.25, 0.3) is 0 Å². The van der Waals surface area contributed by atoms with E-state index in [0.29, 0.717) is 6.54 Å². The van der Waals surface area contributed by atoms with Crippen molar-refractivity contribution in [3.05, 3.63) is 17.5 Å². The van der Waals surface area contributed by atoms with Gasteiger partial charge in [0.25, 0.3) is 0 Å². The van der Waals surface area contributed by atoms with Crippen molar-refractivity contribution in [3.8, 4) is 0 Å². The first-order chi connectivity index (χ1) is 8.11. The highest BCUT2D eigenvalue weighted by atomic mass is 16.5.